The van der Waals surface area contributed by atoms with Gasteiger partial charge in [-0.25, -0.2) is 4.79 Å². The normalized spacial score (nSPS) is 10.1. The van der Waals surface area contributed by atoms with Crippen LogP contribution in [0.4, 0.5) is 5.69 Å². The highest BCUT2D eigenvalue weighted by atomic mass is 16.5. The van der Waals surface area contributed by atoms with Gasteiger partial charge in [0.05, 0.1) is 19.2 Å². The Balaban J connectivity index is 1.90. The van der Waals surface area contributed by atoms with Crippen molar-refractivity contribution in [2.45, 2.75) is 6.92 Å². The van der Waals surface area contributed by atoms with Crippen molar-refractivity contribution in [1.29, 1.82) is 0 Å². The molecule has 0 aliphatic heterocycles. The minimum Gasteiger partial charge on any atom is -0.497 e. The van der Waals surface area contributed by atoms with Crippen molar-refractivity contribution in [2.24, 2.45) is 0 Å². The summed E-state index contributed by atoms with van der Waals surface area (Å²) in [6, 6.07) is 16.9. The molecule has 0 unspecified atom stereocenters. The van der Waals surface area contributed by atoms with E-state index in [1.54, 1.807) is 19.2 Å². The van der Waals surface area contributed by atoms with Crippen LogP contribution in [0.25, 0.3) is 0 Å². The molecule has 2 rings (SSSR count). The van der Waals surface area contributed by atoms with Crippen LogP contribution < -0.4 is 9.64 Å². The highest BCUT2D eigenvalue weighted by molar-refractivity contribution is 5.89. The summed E-state index contributed by atoms with van der Waals surface area (Å²) in [6.07, 6.45) is 0. The van der Waals surface area contributed by atoms with Crippen LogP contribution in [0.5, 0.6) is 5.75 Å². The second kappa shape index (κ2) is 8.08. The van der Waals surface area contributed by atoms with E-state index in [1.165, 1.54) is 0 Å². The first-order valence-corrected chi connectivity index (χ1v) is 7.35. The number of esters is 1. The summed E-state index contributed by atoms with van der Waals surface area (Å²) in [5.41, 5.74) is 1.63. The molecular weight excluding hydrogens is 278 g/mol. The standard InChI is InChI=1S/C18H21NO3/c1-3-19(16-10-7-11-17(14-16)21-2)12-13-22-18(20)15-8-5-4-6-9-15/h4-11,14H,3,12-13H2,1-2H3. The summed E-state index contributed by atoms with van der Waals surface area (Å²) in [5, 5.41) is 0. The fraction of sp³-hybridized carbons (Fsp3) is 0.278. The van der Waals surface area contributed by atoms with Crippen LogP contribution >= 0.6 is 0 Å². The third kappa shape index (κ3) is 4.25. The molecule has 0 N–H and O–H groups in total. The maximum absolute atomic E-state index is 11.9. The van der Waals surface area contributed by atoms with Crippen LogP contribution in [-0.2, 0) is 4.74 Å². The van der Waals surface area contributed by atoms with Gasteiger partial charge < -0.3 is 14.4 Å². The van der Waals surface area contributed by atoms with Crippen LogP contribution in [0.15, 0.2) is 54.6 Å². The molecule has 0 spiro atoms. The molecule has 0 aliphatic carbocycles. The first-order chi connectivity index (χ1) is 10.7. The quantitative estimate of drug-likeness (QED) is 0.735. The number of carbonyl (C=O) groups is 1. The predicted molar refractivity (Wildman–Crippen MR) is 87.6 cm³/mol. The molecule has 0 bridgehead atoms. The molecule has 2 aromatic carbocycles. The lowest BCUT2D eigenvalue weighted by Gasteiger charge is -2.23. The number of rotatable bonds is 7. The van der Waals surface area contributed by atoms with Crippen molar-refractivity contribution in [2.75, 3.05) is 31.7 Å². The van der Waals surface area contributed by atoms with Gasteiger partial charge in [0.25, 0.3) is 0 Å². The topological polar surface area (TPSA) is 38.8 Å². The van der Waals surface area contributed by atoms with Gasteiger partial charge in [-0.3, -0.25) is 0 Å². The Kier molecular flexibility index (Phi) is 5.83. The third-order valence-electron chi connectivity index (χ3n) is 3.40. The maximum atomic E-state index is 11.9. The Morgan fingerprint density at radius 1 is 1.09 bits per heavy atom. The molecule has 0 radical (unpaired) electrons. The lowest BCUT2D eigenvalue weighted by molar-refractivity contribution is 0.0515. The van der Waals surface area contributed by atoms with E-state index in [9.17, 15) is 4.79 Å². The Morgan fingerprint density at radius 3 is 2.55 bits per heavy atom. The van der Waals surface area contributed by atoms with E-state index in [0.717, 1.165) is 18.0 Å². The summed E-state index contributed by atoms with van der Waals surface area (Å²) < 4.78 is 10.6. The fourth-order valence-corrected chi connectivity index (χ4v) is 2.18. The molecule has 2 aromatic rings. The zero-order valence-corrected chi connectivity index (χ0v) is 13.0. The Hall–Kier alpha value is -2.49. The molecule has 0 amide bonds. The second-order valence-electron chi connectivity index (χ2n) is 4.78. The Morgan fingerprint density at radius 2 is 1.86 bits per heavy atom. The minimum atomic E-state index is -0.290. The van der Waals surface area contributed by atoms with Crippen molar-refractivity contribution in [3.8, 4) is 5.75 Å². The van der Waals surface area contributed by atoms with Gasteiger partial charge in [-0.2, -0.15) is 0 Å². The number of nitrogens with zero attached hydrogens (tertiary/aromatic N) is 1. The van der Waals surface area contributed by atoms with E-state index in [0.29, 0.717) is 18.7 Å². The van der Waals surface area contributed by atoms with Gasteiger partial charge in [-0.1, -0.05) is 24.3 Å². The predicted octanol–water partition coefficient (Wildman–Crippen LogP) is 3.38. The zero-order valence-electron chi connectivity index (χ0n) is 13.0. The van der Waals surface area contributed by atoms with Crippen molar-refractivity contribution in [3.63, 3.8) is 0 Å². The first kappa shape index (κ1) is 15.9. The Labute approximate surface area is 131 Å². The molecule has 4 heteroatoms. The molecule has 22 heavy (non-hydrogen) atoms. The molecule has 0 aliphatic rings. The molecule has 4 nitrogen and oxygen atoms in total. The summed E-state index contributed by atoms with van der Waals surface area (Å²) in [6.45, 7) is 3.88. The van der Waals surface area contributed by atoms with E-state index >= 15 is 0 Å². The molecule has 116 valence electrons. The van der Waals surface area contributed by atoms with Crippen LogP contribution in [0.1, 0.15) is 17.3 Å². The highest BCUT2D eigenvalue weighted by Gasteiger charge is 2.09. The first-order valence-electron chi connectivity index (χ1n) is 7.35. The largest absolute Gasteiger partial charge is 0.497 e. The monoisotopic (exact) mass is 299 g/mol. The van der Waals surface area contributed by atoms with Crippen LogP contribution in [0.2, 0.25) is 0 Å². The van der Waals surface area contributed by atoms with Gasteiger partial charge >= 0.3 is 5.97 Å². The Bertz CT molecular complexity index is 598. The van der Waals surface area contributed by atoms with Gasteiger partial charge in [0, 0.05) is 18.3 Å². The fourth-order valence-electron chi connectivity index (χ4n) is 2.18. The van der Waals surface area contributed by atoms with E-state index in [4.69, 9.17) is 9.47 Å². The smallest absolute Gasteiger partial charge is 0.338 e. The van der Waals surface area contributed by atoms with Crippen LogP contribution in [-0.4, -0.2) is 32.8 Å². The summed E-state index contributed by atoms with van der Waals surface area (Å²) in [7, 11) is 1.65. The third-order valence-corrected chi connectivity index (χ3v) is 3.40. The zero-order chi connectivity index (χ0) is 15.8. The van der Waals surface area contributed by atoms with Gasteiger partial charge in [-0.15, -0.1) is 0 Å². The van der Waals surface area contributed by atoms with Crippen molar-refractivity contribution < 1.29 is 14.3 Å². The SMILES string of the molecule is CCN(CCOC(=O)c1ccccc1)c1cccc(OC)c1. The number of likely N-dealkylation sites (N-methyl/N-ethyl adjacent to an activating group) is 1. The van der Waals surface area contributed by atoms with E-state index in [1.807, 2.05) is 42.5 Å². The maximum Gasteiger partial charge on any atom is 0.338 e. The molecular formula is C18H21NO3. The summed E-state index contributed by atoms with van der Waals surface area (Å²) >= 11 is 0. The van der Waals surface area contributed by atoms with Gasteiger partial charge in [0.2, 0.25) is 0 Å². The van der Waals surface area contributed by atoms with E-state index < -0.39 is 0 Å². The van der Waals surface area contributed by atoms with Gasteiger partial charge in [0.1, 0.15) is 12.4 Å². The number of hydrogen-bond donors (Lipinski definition) is 0. The van der Waals surface area contributed by atoms with Gasteiger partial charge in [0.15, 0.2) is 0 Å². The van der Waals surface area contributed by atoms with Crippen LogP contribution in [0, 0.1) is 0 Å². The minimum absolute atomic E-state index is 0.290. The van der Waals surface area contributed by atoms with Crippen molar-refractivity contribution in [1.82, 2.24) is 0 Å². The van der Waals surface area contributed by atoms with E-state index in [2.05, 4.69) is 11.8 Å². The summed E-state index contributed by atoms with van der Waals surface area (Å²) in [5.74, 6) is 0.527. The molecule has 0 heterocycles. The molecule has 0 fully saturated rings. The molecule has 0 aromatic heterocycles. The lowest BCUT2D eigenvalue weighted by atomic mass is 10.2. The molecule has 0 saturated heterocycles. The summed E-state index contributed by atoms with van der Waals surface area (Å²) in [4.78, 5) is 14.0. The molecule has 0 atom stereocenters. The molecule has 0 saturated carbocycles. The average Bonchev–Trinajstić information content (AvgIpc) is 2.59. The number of carbonyl (C=O) groups excluding carboxylic acids is 1. The van der Waals surface area contributed by atoms with Crippen molar-refractivity contribution in [3.05, 3.63) is 60.2 Å². The highest BCUT2D eigenvalue weighted by Crippen LogP contribution is 2.20. The van der Waals surface area contributed by atoms with Gasteiger partial charge in [-0.05, 0) is 31.2 Å². The lowest BCUT2D eigenvalue weighted by Crippen LogP contribution is -2.28. The number of benzene rings is 2. The van der Waals surface area contributed by atoms with Crippen molar-refractivity contribution >= 4 is 11.7 Å². The second-order valence-corrected chi connectivity index (χ2v) is 4.78. The van der Waals surface area contributed by atoms with Crippen LogP contribution in [0.3, 0.4) is 0 Å². The number of anilines is 1. The number of methoxy groups -OCH3 is 1. The average molecular weight is 299 g/mol. The van der Waals surface area contributed by atoms with E-state index in [-0.39, 0.29) is 5.97 Å². The number of hydrogen-bond acceptors (Lipinski definition) is 4. The number of ether oxygens (including phenoxy) is 2.